The number of rotatable bonds is 7. The number of pyridine rings is 1. The van der Waals surface area contributed by atoms with E-state index in [-0.39, 0.29) is 12.3 Å². The van der Waals surface area contributed by atoms with Gasteiger partial charge in [0.15, 0.2) is 0 Å². The quantitative estimate of drug-likeness (QED) is 0.788. The summed E-state index contributed by atoms with van der Waals surface area (Å²) in [6, 6.07) is 3.94. The summed E-state index contributed by atoms with van der Waals surface area (Å²) in [5.41, 5.74) is 7.12. The van der Waals surface area contributed by atoms with Crippen molar-refractivity contribution in [2.75, 3.05) is 0 Å². The minimum absolute atomic E-state index is 0.276. The molecule has 0 spiro atoms. The first-order valence-electron chi connectivity index (χ1n) is 6.34. The standard InChI is InChI=1S/C14H22N2O/c1-3-4-5-11(2)8-13-7-6-12(10-16-13)9-14(15)17/h6-7,10-11H,3-5,8-9H2,1-2H3,(H2,15,17). The zero-order valence-electron chi connectivity index (χ0n) is 10.8. The van der Waals surface area contributed by atoms with Crippen LogP contribution in [0.25, 0.3) is 0 Å². The Morgan fingerprint density at radius 3 is 2.76 bits per heavy atom. The molecule has 0 radical (unpaired) electrons. The molecule has 1 unspecified atom stereocenters. The Balaban J connectivity index is 2.47. The van der Waals surface area contributed by atoms with Crippen LogP contribution in [0.5, 0.6) is 0 Å². The summed E-state index contributed by atoms with van der Waals surface area (Å²) in [7, 11) is 0. The highest BCUT2D eigenvalue weighted by Crippen LogP contribution is 2.13. The number of hydrogen-bond donors (Lipinski definition) is 1. The zero-order chi connectivity index (χ0) is 12.7. The molecule has 0 saturated heterocycles. The third-order valence-electron chi connectivity index (χ3n) is 2.87. The molecule has 94 valence electrons. The van der Waals surface area contributed by atoms with E-state index in [0.717, 1.165) is 17.7 Å². The molecule has 0 aliphatic heterocycles. The van der Waals surface area contributed by atoms with Crippen molar-refractivity contribution < 1.29 is 4.79 Å². The second-order valence-corrected chi connectivity index (χ2v) is 4.75. The third-order valence-corrected chi connectivity index (χ3v) is 2.87. The van der Waals surface area contributed by atoms with Crippen LogP contribution in [0.2, 0.25) is 0 Å². The SMILES string of the molecule is CCCCC(C)Cc1ccc(CC(N)=O)cn1. The van der Waals surface area contributed by atoms with Gasteiger partial charge in [0.25, 0.3) is 0 Å². The summed E-state index contributed by atoms with van der Waals surface area (Å²) in [6.45, 7) is 4.47. The summed E-state index contributed by atoms with van der Waals surface area (Å²) in [5.74, 6) is 0.361. The fourth-order valence-electron chi connectivity index (χ4n) is 1.89. The topological polar surface area (TPSA) is 56.0 Å². The second kappa shape index (κ2) is 7.05. The van der Waals surface area contributed by atoms with Crippen LogP contribution in [0.15, 0.2) is 18.3 Å². The Labute approximate surface area is 103 Å². The first kappa shape index (κ1) is 13.7. The molecule has 0 saturated carbocycles. The molecule has 1 atom stereocenters. The number of primary amides is 1. The largest absolute Gasteiger partial charge is 0.369 e. The molecule has 1 aromatic heterocycles. The maximum Gasteiger partial charge on any atom is 0.221 e. The summed E-state index contributed by atoms with van der Waals surface area (Å²) < 4.78 is 0. The molecule has 3 heteroatoms. The van der Waals surface area contributed by atoms with E-state index in [0.29, 0.717) is 5.92 Å². The molecule has 0 aromatic carbocycles. The minimum Gasteiger partial charge on any atom is -0.369 e. The molecular formula is C14H22N2O. The lowest BCUT2D eigenvalue weighted by Gasteiger charge is -2.10. The molecule has 1 aromatic rings. The number of aromatic nitrogens is 1. The van der Waals surface area contributed by atoms with Crippen molar-refractivity contribution in [1.82, 2.24) is 4.98 Å². The van der Waals surface area contributed by atoms with Crippen molar-refractivity contribution in [2.45, 2.75) is 46.0 Å². The maximum atomic E-state index is 10.7. The smallest absolute Gasteiger partial charge is 0.221 e. The van der Waals surface area contributed by atoms with E-state index in [2.05, 4.69) is 18.8 Å². The van der Waals surface area contributed by atoms with Crippen LogP contribution in [0.4, 0.5) is 0 Å². The second-order valence-electron chi connectivity index (χ2n) is 4.75. The Kier molecular flexibility index (Phi) is 5.67. The minimum atomic E-state index is -0.309. The van der Waals surface area contributed by atoms with Gasteiger partial charge in [-0.2, -0.15) is 0 Å². The molecular weight excluding hydrogens is 212 g/mol. The number of carbonyl (C=O) groups excluding carboxylic acids is 1. The molecule has 1 rings (SSSR count). The monoisotopic (exact) mass is 234 g/mol. The lowest BCUT2D eigenvalue weighted by atomic mass is 9.98. The highest BCUT2D eigenvalue weighted by atomic mass is 16.1. The Morgan fingerprint density at radius 2 is 2.24 bits per heavy atom. The van der Waals surface area contributed by atoms with Gasteiger partial charge in [-0.1, -0.05) is 39.2 Å². The van der Waals surface area contributed by atoms with E-state index in [1.165, 1.54) is 19.3 Å². The van der Waals surface area contributed by atoms with Crippen LogP contribution in [0.3, 0.4) is 0 Å². The van der Waals surface area contributed by atoms with Crippen LogP contribution in [0, 0.1) is 5.92 Å². The lowest BCUT2D eigenvalue weighted by molar-refractivity contribution is -0.117. The van der Waals surface area contributed by atoms with Crippen LogP contribution >= 0.6 is 0 Å². The molecule has 0 fully saturated rings. The Bertz CT molecular complexity index is 346. The van der Waals surface area contributed by atoms with Crippen LogP contribution < -0.4 is 5.73 Å². The maximum absolute atomic E-state index is 10.7. The summed E-state index contributed by atoms with van der Waals surface area (Å²) in [5, 5.41) is 0. The Hall–Kier alpha value is -1.38. The third kappa shape index (κ3) is 5.48. The number of hydrogen-bond acceptors (Lipinski definition) is 2. The number of amides is 1. The highest BCUT2D eigenvalue weighted by molar-refractivity contribution is 5.76. The van der Waals surface area contributed by atoms with Crippen molar-refractivity contribution >= 4 is 5.91 Å². The van der Waals surface area contributed by atoms with Crippen LogP contribution in [0.1, 0.15) is 44.4 Å². The van der Waals surface area contributed by atoms with E-state index in [1.54, 1.807) is 6.20 Å². The van der Waals surface area contributed by atoms with Gasteiger partial charge >= 0.3 is 0 Å². The predicted molar refractivity (Wildman–Crippen MR) is 69.5 cm³/mol. The van der Waals surface area contributed by atoms with Gasteiger partial charge in [-0.05, 0) is 24.0 Å². The van der Waals surface area contributed by atoms with E-state index in [1.807, 2.05) is 12.1 Å². The number of unbranched alkanes of at least 4 members (excludes halogenated alkanes) is 1. The van der Waals surface area contributed by atoms with Crippen molar-refractivity contribution in [1.29, 1.82) is 0 Å². The summed E-state index contributed by atoms with van der Waals surface area (Å²) in [4.78, 5) is 15.1. The molecule has 0 aliphatic carbocycles. The molecule has 1 heterocycles. The molecule has 2 N–H and O–H groups in total. The van der Waals surface area contributed by atoms with Crippen molar-refractivity contribution in [3.63, 3.8) is 0 Å². The first-order valence-corrected chi connectivity index (χ1v) is 6.34. The van der Waals surface area contributed by atoms with Gasteiger partial charge in [0.05, 0.1) is 6.42 Å². The summed E-state index contributed by atoms with van der Waals surface area (Å²) in [6.07, 6.45) is 6.82. The lowest BCUT2D eigenvalue weighted by Crippen LogP contribution is -2.13. The van der Waals surface area contributed by atoms with Crippen LogP contribution in [-0.4, -0.2) is 10.9 Å². The van der Waals surface area contributed by atoms with E-state index in [9.17, 15) is 4.79 Å². The van der Waals surface area contributed by atoms with Crippen LogP contribution in [-0.2, 0) is 17.6 Å². The van der Waals surface area contributed by atoms with Gasteiger partial charge in [-0.25, -0.2) is 0 Å². The molecule has 0 aliphatic rings. The van der Waals surface area contributed by atoms with Crippen molar-refractivity contribution in [2.24, 2.45) is 11.7 Å². The average Bonchev–Trinajstić information content (AvgIpc) is 2.28. The number of nitrogens with zero attached hydrogens (tertiary/aromatic N) is 1. The van der Waals surface area contributed by atoms with Gasteiger partial charge < -0.3 is 5.73 Å². The van der Waals surface area contributed by atoms with Gasteiger partial charge in [0.2, 0.25) is 5.91 Å². The predicted octanol–water partition coefficient (Wildman–Crippen LogP) is 2.48. The van der Waals surface area contributed by atoms with Gasteiger partial charge in [0.1, 0.15) is 0 Å². The van der Waals surface area contributed by atoms with Gasteiger partial charge in [-0.15, -0.1) is 0 Å². The molecule has 1 amide bonds. The van der Waals surface area contributed by atoms with Crippen molar-refractivity contribution in [3.8, 4) is 0 Å². The average molecular weight is 234 g/mol. The fraction of sp³-hybridized carbons (Fsp3) is 0.571. The number of nitrogens with two attached hydrogens (primary N) is 1. The summed E-state index contributed by atoms with van der Waals surface area (Å²) >= 11 is 0. The number of carbonyl (C=O) groups is 1. The molecule has 3 nitrogen and oxygen atoms in total. The zero-order valence-corrected chi connectivity index (χ0v) is 10.8. The molecule has 17 heavy (non-hydrogen) atoms. The normalized spacial score (nSPS) is 12.4. The van der Waals surface area contributed by atoms with Gasteiger partial charge in [0, 0.05) is 11.9 Å². The molecule has 0 bridgehead atoms. The van der Waals surface area contributed by atoms with Gasteiger partial charge in [-0.3, -0.25) is 9.78 Å². The fourth-order valence-corrected chi connectivity index (χ4v) is 1.89. The van der Waals surface area contributed by atoms with Crippen molar-refractivity contribution in [3.05, 3.63) is 29.6 Å². The van der Waals surface area contributed by atoms with E-state index < -0.39 is 0 Å². The highest BCUT2D eigenvalue weighted by Gasteiger charge is 2.05. The van der Waals surface area contributed by atoms with E-state index >= 15 is 0 Å². The first-order chi connectivity index (χ1) is 8.11. The Morgan fingerprint density at radius 1 is 1.47 bits per heavy atom. The van der Waals surface area contributed by atoms with E-state index in [4.69, 9.17) is 5.73 Å².